The summed E-state index contributed by atoms with van der Waals surface area (Å²) in [5.41, 5.74) is 10.9. The van der Waals surface area contributed by atoms with Crippen molar-refractivity contribution < 1.29 is 0 Å². The van der Waals surface area contributed by atoms with Crippen molar-refractivity contribution in [2.24, 2.45) is 0 Å². The SMILES string of the molecule is CC1(C)c2ccc(-c3cc(C#N)cc(C#N)c3)cc2-c2c(N(c3ccccc3)c3ccccc3)cccc21. The van der Waals surface area contributed by atoms with Gasteiger partial charge in [0.1, 0.15) is 0 Å². The molecule has 5 aromatic carbocycles. The standard InChI is InChI=1S/C35H25N3/c1-35(2)31-17-16-26(27-19-24(22-36)18-25(20-27)23-37)21-30(31)34-32(35)14-9-15-33(34)38(28-10-5-3-6-11-28)29-12-7-4-8-13-29/h3-21H,1-2H3. The quantitative estimate of drug-likeness (QED) is 0.254. The molecule has 0 fully saturated rings. The summed E-state index contributed by atoms with van der Waals surface area (Å²) in [7, 11) is 0. The highest BCUT2D eigenvalue weighted by atomic mass is 15.1. The van der Waals surface area contributed by atoms with Crippen molar-refractivity contribution in [2.45, 2.75) is 19.3 Å². The van der Waals surface area contributed by atoms with Crippen LogP contribution < -0.4 is 4.90 Å². The second-order valence-corrected chi connectivity index (χ2v) is 10.1. The van der Waals surface area contributed by atoms with E-state index < -0.39 is 0 Å². The van der Waals surface area contributed by atoms with Gasteiger partial charge in [-0.1, -0.05) is 74.5 Å². The lowest BCUT2D eigenvalue weighted by Gasteiger charge is -2.28. The highest BCUT2D eigenvalue weighted by Crippen LogP contribution is 2.54. The maximum atomic E-state index is 9.53. The third-order valence-electron chi connectivity index (χ3n) is 7.47. The first-order valence-electron chi connectivity index (χ1n) is 12.7. The summed E-state index contributed by atoms with van der Waals surface area (Å²) >= 11 is 0. The molecule has 0 aliphatic heterocycles. The van der Waals surface area contributed by atoms with Crippen LogP contribution in [0.2, 0.25) is 0 Å². The molecule has 0 saturated carbocycles. The van der Waals surface area contributed by atoms with Crippen LogP contribution in [-0.2, 0) is 5.41 Å². The predicted molar refractivity (Wildman–Crippen MR) is 154 cm³/mol. The number of rotatable bonds is 4. The van der Waals surface area contributed by atoms with Gasteiger partial charge in [0.15, 0.2) is 0 Å². The molecule has 0 aromatic heterocycles. The number of hydrogen-bond acceptors (Lipinski definition) is 3. The Balaban J connectivity index is 1.61. The lowest BCUT2D eigenvalue weighted by atomic mass is 9.82. The average Bonchev–Trinajstić information content (AvgIpc) is 3.20. The molecule has 3 nitrogen and oxygen atoms in total. The number of hydrogen-bond donors (Lipinski definition) is 0. The molecule has 0 amide bonds. The normalized spacial score (nSPS) is 12.6. The number of anilines is 3. The van der Waals surface area contributed by atoms with E-state index in [0.717, 1.165) is 28.2 Å². The van der Waals surface area contributed by atoms with E-state index in [4.69, 9.17) is 0 Å². The summed E-state index contributed by atoms with van der Waals surface area (Å²) in [4.78, 5) is 2.32. The maximum absolute atomic E-state index is 9.53. The number of benzene rings is 5. The van der Waals surface area contributed by atoms with E-state index in [0.29, 0.717) is 11.1 Å². The largest absolute Gasteiger partial charge is 0.310 e. The van der Waals surface area contributed by atoms with Gasteiger partial charge in [0.25, 0.3) is 0 Å². The zero-order valence-corrected chi connectivity index (χ0v) is 21.3. The summed E-state index contributed by atoms with van der Waals surface area (Å²) in [5.74, 6) is 0. The maximum Gasteiger partial charge on any atom is 0.0992 e. The van der Waals surface area contributed by atoms with E-state index in [2.05, 4.69) is 116 Å². The molecule has 0 spiro atoms. The number of para-hydroxylation sites is 2. The van der Waals surface area contributed by atoms with Crippen LogP contribution in [0.1, 0.15) is 36.1 Å². The predicted octanol–water partition coefficient (Wildman–Crippen LogP) is 8.87. The van der Waals surface area contributed by atoms with Crippen molar-refractivity contribution in [1.82, 2.24) is 0 Å². The Morgan fingerprint density at radius 1 is 0.579 bits per heavy atom. The molecule has 5 aromatic rings. The fourth-order valence-electron chi connectivity index (χ4n) is 5.66. The molecule has 0 atom stereocenters. The monoisotopic (exact) mass is 487 g/mol. The lowest BCUT2D eigenvalue weighted by molar-refractivity contribution is 0.660. The molecule has 38 heavy (non-hydrogen) atoms. The summed E-state index contributed by atoms with van der Waals surface area (Å²) in [6, 6.07) is 43.8. The Morgan fingerprint density at radius 2 is 1.18 bits per heavy atom. The minimum atomic E-state index is -0.176. The van der Waals surface area contributed by atoms with Crippen LogP contribution in [-0.4, -0.2) is 0 Å². The van der Waals surface area contributed by atoms with Crippen molar-refractivity contribution in [1.29, 1.82) is 10.5 Å². The summed E-state index contributed by atoms with van der Waals surface area (Å²) in [5, 5.41) is 19.1. The molecule has 0 radical (unpaired) electrons. The van der Waals surface area contributed by atoms with Gasteiger partial charge in [-0.2, -0.15) is 10.5 Å². The van der Waals surface area contributed by atoms with Gasteiger partial charge in [0.2, 0.25) is 0 Å². The van der Waals surface area contributed by atoms with Gasteiger partial charge in [-0.25, -0.2) is 0 Å². The van der Waals surface area contributed by atoms with Gasteiger partial charge < -0.3 is 4.90 Å². The Bertz CT molecular complexity index is 1680. The van der Waals surface area contributed by atoms with E-state index in [1.807, 2.05) is 24.3 Å². The molecular weight excluding hydrogens is 462 g/mol. The summed E-state index contributed by atoms with van der Waals surface area (Å²) < 4.78 is 0. The molecule has 3 heteroatoms. The smallest absolute Gasteiger partial charge is 0.0992 e. The van der Waals surface area contributed by atoms with Crippen LogP contribution in [0.3, 0.4) is 0 Å². The lowest BCUT2D eigenvalue weighted by Crippen LogP contribution is -2.16. The van der Waals surface area contributed by atoms with Crippen LogP contribution in [0.4, 0.5) is 17.1 Å². The Labute approximate surface area is 223 Å². The van der Waals surface area contributed by atoms with Crippen molar-refractivity contribution in [3.05, 3.63) is 138 Å². The van der Waals surface area contributed by atoms with E-state index in [1.54, 1.807) is 6.07 Å². The van der Waals surface area contributed by atoms with Crippen LogP contribution >= 0.6 is 0 Å². The first-order valence-corrected chi connectivity index (χ1v) is 12.7. The number of fused-ring (bicyclic) bond motifs is 3. The zero-order valence-electron chi connectivity index (χ0n) is 21.3. The van der Waals surface area contributed by atoms with Crippen LogP contribution in [0.5, 0.6) is 0 Å². The molecule has 1 aliphatic rings. The van der Waals surface area contributed by atoms with E-state index >= 15 is 0 Å². The fraction of sp³-hybridized carbons (Fsp3) is 0.0857. The third kappa shape index (κ3) is 3.74. The highest BCUT2D eigenvalue weighted by Gasteiger charge is 2.38. The van der Waals surface area contributed by atoms with E-state index in [9.17, 15) is 10.5 Å². The van der Waals surface area contributed by atoms with Crippen LogP contribution in [0, 0.1) is 22.7 Å². The van der Waals surface area contributed by atoms with Gasteiger partial charge in [-0.05, 0) is 82.4 Å². The van der Waals surface area contributed by atoms with Gasteiger partial charge in [0.05, 0.1) is 29.0 Å². The molecule has 1 aliphatic carbocycles. The highest BCUT2D eigenvalue weighted by molar-refractivity contribution is 5.96. The van der Waals surface area contributed by atoms with Crippen molar-refractivity contribution in [2.75, 3.05) is 4.90 Å². The first-order chi connectivity index (χ1) is 18.5. The van der Waals surface area contributed by atoms with Crippen LogP contribution in [0.25, 0.3) is 22.3 Å². The molecule has 0 heterocycles. The Hall–Kier alpha value is -5.12. The zero-order chi connectivity index (χ0) is 26.3. The fourth-order valence-corrected chi connectivity index (χ4v) is 5.66. The van der Waals surface area contributed by atoms with Gasteiger partial charge in [0, 0.05) is 22.4 Å². The van der Waals surface area contributed by atoms with Gasteiger partial charge in [-0.3, -0.25) is 0 Å². The Kier molecular flexibility index (Phi) is 5.56. The van der Waals surface area contributed by atoms with Crippen molar-refractivity contribution in [3.63, 3.8) is 0 Å². The minimum absolute atomic E-state index is 0.176. The summed E-state index contributed by atoms with van der Waals surface area (Å²) in [6.45, 7) is 4.56. The molecule has 6 rings (SSSR count). The van der Waals surface area contributed by atoms with Gasteiger partial charge >= 0.3 is 0 Å². The van der Waals surface area contributed by atoms with Crippen molar-refractivity contribution in [3.8, 4) is 34.4 Å². The van der Waals surface area contributed by atoms with Crippen LogP contribution in [0.15, 0.2) is 115 Å². The number of nitriles is 2. The molecule has 0 saturated heterocycles. The second-order valence-electron chi connectivity index (χ2n) is 10.1. The number of nitrogens with zero attached hydrogens (tertiary/aromatic N) is 3. The van der Waals surface area contributed by atoms with E-state index in [-0.39, 0.29) is 5.41 Å². The molecular formula is C35H25N3. The first kappa shape index (κ1) is 23.3. The topological polar surface area (TPSA) is 50.8 Å². The second kappa shape index (κ2) is 9.07. The molecule has 0 unspecified atom stereocenters. The minimum Gasteiger partial charge on any atom is -0.310 e. The molecule has 0 N–H and O–H groups in total. The van der Waals surface area contributed by atoms with Crippen molar-refractivity contribution >= 4 is 17.1 Å². The Morgan fingerprint density at radius 3 is 1.76 bits per heavy atom. The van der Waals surface area contributed by atoms with E-state index in [1.165, 1.54) is 22.3 Å². The van der Waals surface area contributed by atoms with Gasteiger partial charge in [-0.15, -0.1) is 0 Å². The average molecular weight is 488 g/mol. The summed E-state index contributed by atoms with van der Waals surface area (Å²) in [6.07, 6.45) is 0. The molecule has 0 bridgehead atoms. The third-order valence-corrected chi connectivity index (χ3v) is 7.47. The molecule has 180 valence electrons.